The number of alkyl carbamates (subject to hydrolysis) is 1. The van der Waals surface area contributed by atoms with E-state index in [1.54, 1.807) is 38.3 Å². The number of fused-ring (bicyclic) bond motifs is 3. The molecular weight excluding hydrogens is 630 g/mol. The standard InChI is InChI=1S/C35H48ClNO10/c1-20-13-24(12-10-8-7-9-11-23-16-26(23)36)44-29(38)18-35(40)17-27(22(3)30(46-35)21(2)15-25(14-20)41-5)45-32-31(42-6)34(4)28(19-43-32)37-33(39)47-34/h7-8,10,12,14,21-28,30-32,40H,13,15-19H2,1-6H3,(H,37,39). The van der Waals surface area contributed by atoms with Crippen LogP contribution in [0.4, 0.5) is 4.79 Å². The summed E-state index contributed by atoms with van der Waals surface area (Å²) in [4.78, 5) is 25.5. The Morgan fingerprint density at radius 2 is 1.94 bits per heavy atom. The number of alkyl halides is 1. The van der Waals surface area contributed by atoms with Crippen LogP contribution >= 0.6 is 11.6 Å². The number of carbonyl (C=O) groups excluding carboxylic acids is 2. The van der Waals surface area contributed by atoms with Gasteiger partial charge in [-0.15, -0.1) is 11.6 Å². The molecule has 0 aromatic heterocycles. The fraction of sp³-hybridized carbons (Fsp3) is 0.714. The summed E-state index contributed by atoms with van der Waals surface area (Å²) >= 11 is 6.01. The van der Waals surface area contributed by atoms with E-state index in [9.17, 15) is 14.7 Å². The van der Waals surface area contributed by atoms with Crippen LogP contribution < -0.4 is 5.32 Å². The fourth-order valence-electron chi connectivity index (χ4n) is 7.05. The van der Waals surface area contributed by atoms with Crippen LogP contribution in [0.5, 0.6) is 0 Å². The molecule has 4 aliphatic heterocycles. The average Bonchev–Trinajstić information content (AvgIpc) is 3.61. The van der Waals surface area contributed by atoms with E-state index in [4.69, 9.17) is 44.8 Å². The van der Waals surface area contributed by atoms with E-state index in [1.807, 2.05) is 26.8 Å². The summed E-state index contributed by atoms with van der Waals surface area (Å²) in [5.41, 5.74) is -0.0159. The molecule has 4 heterocycles. The maximum atomic E-state index is 13.4. The van der Waals surface area contributed by atoms with Gasteiger partial charge < -0.3 is 43.6 Å². The van der Waals surface area contributed by atoms with Gasteiger partial charge in [-0.25, -0.2) is 4.79 Å². The largest absolute Gasteiger partial charge is 0.458 e. The van der Waals surface area contributed by atoms with Crippen LogP contribution in [0.2, 0.25) is 0 Å². The van der Waals surface area contributed by atoms with E-state index < -0.39 is 66.6 Å². The number of allylic oxidation sites excluding steroid dienone is 3. The van der Waals surface area contributed by atoms with Crippen LogP contribution in [0, 0.1) is 29.6 Å². The smallest absolute Gasteiger partial charge is 0.408 e. The predicted molar refractivity (Wildman–Crippen MR) is 172 cm³/mol. The Hall–Kier alpha value is -2.43. The van der Waals surface area contributed by atoms with Gasteiger partial charge in [-0.1, -0.05) is 49.5 Å². The zero-order chi connectivity index (χ0) is 33.9. The molecule has 11 nitrogen and oxygen atoms in total. The van der Waals surface area contributed by atoms with Gasteiger partial charge in [0.05, 0.1) is 37.4 Å². The third-order valence-electron chi connectivity index (χ3n) is 9.84. The second-order valence-corrected chi connectivity index (χ2v) is 14.3. The van der Waals surface area contributed by atoms with Crippen LogP contribution in [0.1, 0.15) is 59.8 Å². The molecule has 3 saturated heterocycles. The molecule has 1 aliphatic carbocycles. The summed E-state index contributed by atoms with van der Waals surface area (Å²) in [6.45, 7) is 7.96. The Morgan fingerprint density at radius 3 is 2.64 bits per heavy atom. The maximum absolute atomic E-state index is 13.4. The molecule has 5 aliphatic rings. The summed E-state index contributed by atoms with van der Waals surface area (Å²) in [5.74, 6) is 3.57. The van der Waals surface area contributed by atoms with Crippen LogP contribution in [-0.2, 0) is 38.0 Å². The highest BCUT2D eigenvalue weighted by atomic mass is 35.5. The summed E-state index contributed by atoms with van der Waals surface area (Å²) in [5, 5.41) is 14.8. The summed E-state index contributed by atoms with van der Waals surface area (Å²) < 4.78 is 42.1. The Kier molecular flexibility index (Phi) is 11.4. The van der Waals surface area contributed by atoms with Gasteiger partial charge in [0.25, 0.3) is 0 Å². The van der Waals surface area contributed by atoms with Crippen LogP contribution in [0.3, 0.4) is 0 Å². The first-order valence-electron chi connectivity index (χ1n) is 16.4. The molecule has 1 saturated carbocycles. The highest BCUT2D eigenvalue weighted by molar-refractivity contribution is 6.22. The number of carbonyl (C=O) groups is 2. The molecule has 0 spiro atoms. The van der Waals surface area contributed by atoms with E-state index in [0.29, 0.717) is 12.8 Å². The van der Waals surface area contributed by atoms with Crippen molar-refractivity contribution in [3.63, 3.8) is 0 Å². The van der Waals surface area contributed by atoms with E-state index >= 15 is 0 Å². The minimum atomic E-state index is -1.87. The number of nitrogens with one attached hydrogen (secondary N) is 1. The van der Waals surface area contributed by atoms with Crippen molar-refractivity contribution < 1.29 is 47.9 Å². The molecule has 12 heteroatoms. The molecule has 5 rings (SSSR count). The molecule has 1 amide bonds. The maximum Gasteiger partial charge on any atom is 0.408 e. The summed E-state index contributed by atoms with van der Waals surface area (Å²) in [6.07, 6.45) is 6.62. The zero-order valence-electron chi connectivity index (χ0n) is 28.0. The number of hydrogen-bond donors (Lipinski definition) is 2. The van der Waals surface area contributed by atoms with Gasteiger partial charge >= 0.3 is 12.1 Å². The quantitative estimate of drug-likeness (QED) is 0.139. The van der Waals surface area contributed by atoms with E-state index in [2.05, 4.69) is 17.2 Å². The molecule has 0 aromatic carbocycles. The van der Waals surface area contributed by atoms with Crippen molar-refractivity contribution in [1.29, 1.82) is 0 Å². The van der Waals surface area contributed by atoms with E-state index in [-0.39, 0.29) is 42.3 Å². The van der Waals surface area contributed by atoms with Crippen molar-refractivity contribution >= 4 is 23.7 Å². The van der Waals surface area contributed by atoms with Gasteiger partial charge in [0.15, 0.2) is 17.7 Å². The second kappa shape index (κ2) is 15.0. The van der Waals surface area contributed by atoms with Crippen LogP contribution in [-0.4, -0.2) is 97.6 Å². The molecule has 13 unspecified atom stereocenters. The monoisotopic (exact) mass is 677 g/mol. The van der Waals surface area contributed by atoms with Gasteiger partial charge in [0.2, 0.25) is 0 Å². The Morgan fingerprint density at radius 1 is 1.17 bits per heavy atom. The zero-order valence-corrected chi connectivity index (χ0v) is 28.7. The van der Waals surface area contributed by atoms with Crippen molar-refractivity contribution in [2.75, 3.05) is 20.8 Å². The molecule has 47 heavy (non-hydrogen) atoms. The topological polar surface area (TPSA) is 131 Å². The van der Waals surface area contributed by atoms with Crippen molar-refractivity contribution in [3.05, 3.63) is 36.0 Å². The lowest BCUT2D eigenvalue weighted by Crippen LogP contribution is -2.64. The van der Waals surface area contributed by atoms with Gasteiger partial charge in [-0.3, -0.25) is 4.79 Å². The third kappa shape index (κ3) is 8.60. The lowest BCUT2D eigenvalue weighted by atomic mass is 9.80. The number of ether oxygens (including phenoxy) is 7. The molecule has 0 radical (unpaired) electrons. The highest BCUT2D eigenvalue weighted by Gasteiger charge is 2.59. The van der Waals surface area contributed by atoms with Crippen molar-refractivity contribution in [3.8, 4) is 11.8 Å². The molecule has 13 atom stereocenters. The molecule has 260 valence electrons. The Balaban J connectivity index is 1.35. The van der Waals surface area contributed by atoms with Crippen molar-refractivity contribution in [2.45, 2.75) is 119 Å². The van der Waals surface area contributed by atoms with Crippen molar-refractivity contribution in [2.24, 2.45) is 17.8 Å². The van der Waals surface area contributed by atoms with Crippen molar-refractivity contribution in [1.82, 2.24) is 5.32 Å². The SMILES string of the molecule is COC1C=C(C)CC(C=CC=CC#CC2CC2Cl)OC(=O)CC2(O)CC(OC3OCC4NC(=O)OC4(C)C3OC)C(C)C(O2)C(C)C1. The number of rotatable bonds is 6. The molecular formula is C35H48ClNO10. The first kappa shape index (κ1) is 35.9. The minimum absolute atomic E-state index is 0.0159. The molecule has 4 fully saturated rings. The van der Waals surface area contributed by atoms with Gasteiger partial charge in [0.1, 0.15) is 12.2 Å². The van der Waals surface area contributed by atoms with Gasteiger partial charge in [-0.2, -0.15) is 0 Å². The van der Waals surface area contributed by atoms with Crippen LogP contribution in [0.15, 0.2) is 36.0 Å². The lowest BCUT2D eigenvalue weighted by molar-refractivity contribution is -0.339. The number of aliphatic hydroxyl groups is 1. The normalized spacial score (nSPS) is 44.1. The predicted octanol–water partition coefficient (Wildman–Crippen LogP) is 4.16. The summed E-state index contributed by atoms with van der Waals surface area (Å²) in [7, 11) is 3.17. The number of halogens is 1. The number of cyclic esters (lactones) is 1. The molecule has 2 N–H and O–H groups in total. The summed E-state index contributed by atoms with van der Waals surface area (Å²) in [6, 6.07) is -0.407. The Labute approximate surface area is 282 Å². The lowest BCUT2D eigenvalue weighted by Gasteiger charge is -2.49. The van der Waals surface area contributed by atoms with Gasteiger partial charge in [0, 0.05) is 44.3 Å². The number of esters is 1. The number of amides is 1. The molecule has 0 aromatic rings. The highest BCUT2D eigenvalue weighted by Crippen LogP contribution is 2.43. The van der Waals surface area contributed by atoms with E-state index in [1.165, 1.54) is 7.11 Å². The van der Waals surface area contributed by atoms with Gasteiger partial charge in [-0.05, 0) is 44.8 Å². The molecule has 2 bridgehead atoms. The first-order valence-corrected chi connectivity index (χ1v) is 16.9. The minimum Gasteiger partial charge on any atom is -0.458 e. The number of methoxy groups -OCH3 is 2. The second-order valence-electron chi connectivity index (χ2n) is 13.7. The average molecular weight is 678 g/mol. The Bertz CT molecular complexity index is 1310. The third-order valence-corrected chi connectivity index (χ3v) is 10.3. The van der Waals surface area contributed by atoms with Crippen LogP contribution in [0.25, 0.3) is 0 Å². The van der Waals surface area contributed by atoms with E-state index in [0.717, 1.165) is 12.0 Å². The fourth-order valence-corrected chi connectivity index (χ4v) is 7.30. The first-order chi connectivity index (χ1) is 22.3. The number of hydrogen-bond acceptors (Lipinski definition) is 10.